The van der Waals surface area contributed by atoms with Crippen LogP contribution in [0.5, 0.6) is 0 Å². The zero-order chi connectivity index (χ0) is 21.3. The van der Waals surface area contributed by atoms with Crippen molar-refractivity contribution in [2.45, 2.75) is 13.0 Å². The Morgan fingerprint density at radius 3 is 2.60 bits per heavy atom. The first-order chi connectivity index (χ1) is 14.4. The molecule has 0 aliphatic carbocycles. The monoisotopic (exact) mass is 445 g/mol. The first-order valence-electron chi connectivity index (χ1n) is 8.86. The maximum atomic E-state index is 13.1. The minimum Gasteiger partial charge on any atom is -0.326 e. The van der Waals surface area contributed by atoms with E-state index in [-0.39, 0.29) is 30.2 Å². The van der Waals surface area contributed by atoms with Gasteiger partial charge in [-0.2, -0.15) is 5.10 Å². The molecule has 0 spiro atoms. The highest BCUT2D eigenvalue weighted by molar-refractivity contribution is 6.42. The van der Waals surface area contributed by atoms with Crippen LogP contribution in [0.1, 0.15) is 6.42 Å². The summed E-state index contributed by atoms with van der Waals surface area (Å²) in [5, 5.41) is 7.90. The Bertz CT molecular complexity index is 1300. The summed E-state index contributed by atoms with van der Waals surface area (Å²) in [6, 6.07) is 10.5. The van der Waals surface area contributed by atoms with Gasteiger partial charge >= 0.3 is 0 Å². The number of fused-ring (bicyclic) bond motifs is 1. The highest BCUT2D eigenvalue weighted by atomic mass is 35.5. The smallest absolute Gasteiger partial charge is 0.264 e. The summed E-state index contributed by atoms with van der Waals surface area (Å²) in [5.74, 6) is -0.660. The lowest BCUT2D eigenvalue weighted by Crippen LogP contribution is -2.23. The summed E-state index contributed by atoms with van der Waals surface area (Å²) in [7, 11) is 0. The minimum absolute atomic E-state index is 0.0550. The van der Waals surface area contributed by atoms with Crippen LogP contribution in [0.2, 0.25) is 10.0 Å². The lowest BCUT2D eigenvalue weighted by atomic mass is 10.3. The lowest BCUT2D eigenvalue weighted by Gasteiger charge is -2.08. The summed E-state index contributed by atoms with van der Waals surface area (Å²) < 4.78 is 15.9. The number of nitrogens with one attached hydrogen (secondary N) is 1. The third-order valence-corrected chi connectivity index (χ3v) is 5.15. The van der Waals surface area contributed by atoms with Crippen LogP contribution in [-0.4, -0.2) is 25.2 Å². The van der Waals surface area contributed by atoms with E-state index >= 15 is 0 Å². The molecule has 0 radical (unpaired) electrons. The number of aryl methyl sites for hydroxylation is 1. The molecule has 4 aromatic rings. The van der Waals surface area contributed by atoms with Gasteiger partial charge in [0.1, 0.15) is 11.2 Å². The van der Waals surface area contributed by atoms with Gasteiger partial charge in [-0.1, -0.05) is 23.2 Å². The topological polar surface area (TPSA) is 81.8 Å². The number of amides is 1. The number of carbonyl (C=O) groups is 1. The van der Waals surface area contributed by atoms with E-state index in [0.29, 0.717) is 32.5 Å². The van der Waals surface area contributed by atoms with Gasteiger partial charge in [0.15, 0.2) is 5.65 Å². The number of rotatable bonds is 5. The predicted octanol–water partition coefficient (Wildman–Crippen LogP) is 4.06. The van der Waals surface area contributed by atoms with Gasteiger partial charge in [0.25, 0.3) is 5.56 Å². The van der Waals surface area contributed by atoms with E-state index in [2.05, 4.69) is 15.4 Å². The van der Waals surface area contributed by atoms with Crippen molar-refractivity contribution >= 4 is 45.8 Å². The number of nitrogens with zero attached hydrogens (tertiary/aromatic N) is 4. The standard InChI is InChI=1S/C20H14Cl2FN5O2/c21-16-6-3-13(9-17(16)22)26-18(29)7-8-27-11-24-19-15(20(27)30)10-25-28(19)14-4-1-12(23)2-5-14/h1-6,9-11H,7-8H2,(H,26,29). The highest BCUT2D eigenvalue weighted by Crippen LogP contribution is 2.25. The lowest BCUT2D eigenvalue weighted by molar-refractivity contribution is -0.116. The Morgan fingerprint density at radius 1 is 1.10 bits per heavy atom. The third-order valence-electron chi connectivity index (χ3n) is 4.41. The molecule has 1 N–H and O–H groups in total. The average molecular weight is 446 g/mol. The number of carbonyl (C=O) groups excluding carboxylic acids is 1. The van der Waals surface area contributed by atoms with Crippen molar-refractivity contribution in [1.29, 1.82) is 0 Å². The van der Waals surface area contributed by atoms with Crippen LogP contribution in [0, 0.1) is 5.82 Å². The number of benzene rings is 2. The molecule has 2 aromatic carbocycles. The normalized spacial score (nSPS) is 11.0. The molecule has 2 heterocycles. The SMILES string of the molecule is O=C(CCn1cnc2c(cnn2-c2ccc(F)cc2)c1=O)Nc1ccc(Cl)c(Cl)c1. The molecule has 0 saturated heterocycles. The van der Waals surface area contributed by atoms with Gasteiger partial charge in [-0.05, 0) is 42.5 Å². The van der Waals surface area contributed by atoms with Crippen molar-refractivity contribution in [3.8, 4) is 5.69 Å². The minimum atomic E-state index is -0.371. The van der Waals surface area contributed by atoms with Crippen LogP contribution in [0.25, 0.3) is 16.7 Å². The van der Waals surface area contributed by atoms with Gasteiger partial charge < -0.3 is 5.32 Å². The Balaban J connectivity index is 1.50. The van der Waals surface area contributed by atoms with E-state index in [1.165, 1.54) is 33.9 Å². The van der Waals surface area contributed by atoms with Crippen molar-refractivity contribution in [2.24, 2.45) is 0 Å². The van der Waals surface area contributed by atoms with Crippen LogP contribution in [0.4, 0.5) is 10.1 Å². The predicted molar refractivity (Wildman–Crippen MR) is 113 cm³/mol. The van der Waals surface area contributed by atoms with Crippen LogP contribution >= 0.6 is 23.2 Å². The van der Waals surface area contributed by atoms with Gasteiger partial charge in [-0.25, -0.2) is 14.1 Å². The van der Waals surface area contributed by atoms with Gasteiger partial charge in [0.05, 0.1) is 28.3 Å². The zero-order valence-corrected chi connectivity index (χ0v) is 16.9. The zero-order valence-electron chi connectivity index (χ0n) is 15.3. The van der Waals surface area contributed by atoms with Gasteiger partial charge in [0, 0.05) is 18.7 Å². The molecule has 0 aliphatic heterocycles. The van der Waals surface area contributed by atoms with Crippen molar-refractivity contribution in [1.82, 2.24) is 19.3 Å². The van der Waals surface area contributed by atoms with Crippen LogP contribution in [0.15, 0.2) is 59.8 Å². The van der Waals surface area contributed by atoms with Crippen molar-refractivity contribution in [3.05, 3.63) is 81.2 Å². The Hall–Kier alpha value is -3.23. The summed E-state index contributed by atoms with van der Waals surface area (Å²) in [5.41, 5.74) is 1.12. The molecule has 152 valence electrons. The van der Waals surface area contributed by atoms with Crippen molar-refractivity contribution < 1.29 is 9.18 Å². The molecule has 2 aromatic heterocycles. The first kappa shape index (κ1) is 20.1. The molecule has 0 fully saturated rings. The molecular weight excluding hydrogens is 432 g/mol. The number of halogens is 3. The fourth-order valence-electron chi connectivity index (χ4n) is 2.90. The second-order valence-electron chi connectivity index (χ2n) is 6.44. The van der Waals surface area contributed by atoms with E-state index in [1.807, 2.05) is 0 Å². The summed E-state index contributed by atoms with van der Waals surface area (Å²) in [4.78, 5) is 29.2. The molecule has 0 bridgehead atoms. The number of anilines is 1. The molecule has 10 heteroatoms. The van der Waals surface area contributed by atoms with Crippen LogP contribution < -0.4 is 10.9 Å². The Morgan fingerprint density at radius 2 is 1.87 bits per heavy atom. The first-order valence-corrected chi connectivity index (χ1v) is 9.62. The molecule has 0 saturated carbocycles. The van der Waals surface area contributed by atoms with Gasteiger partial charge in [0.2, 0.25) is 5.91 Å². The van der Waals surface area contributed by atoms with Gasteiger partial charge in [-0.15, -0.1) is 0 Å². The Labute approximate surface area is 179 Å². The number of aromatic nitrogens is 4. The highest BCUT2D eigenvalue weighted by Gasteiger charge is 2.13. The number of hydrogen-bond donors (Lipinski definition) is 1. The number of hydrogen-bond acceptors (Lipinski definition) is 4. The largest absolute Gasteiger partial charge is 0.326 e. The molecule has 0 atom stereocenters. The van der Waals surface area contributed by atoms with E-state index in [1.54, 1.807) is 30.3 Å². The van der Waals surface area contributed by atoms with E-state index in [4.69, 9.17) is 23.2 Å². The maximum Gasteiger partial charge on any atom is 0.264 e. The molecule has 30 heavy (non-hydrogen) atoms. The summed E-state index contributed by atoms with van der Waals surface area (Å²) in [6.45, 7) is 0.136. The fourth-order valence-corrected chi connectivity index (χ4v) is 3.20. The molecule has 0 aliphatic rings. The second-order valence-corrected chi connectivity index (χ2v) is 7.25. The third kappa shape index (κ3) is 4.05. The average Bonchev–Trinajstić information content (AvgIpc) is 3.16. The van der Waals surface area contributed by atoms with E-state index in [0.717, 1.165) is 0 Å². The molecule has 0 unspecified atom stereocenters. The van der Waals surface area contributed by atoms with Crippen LogP contribution in [0.3, 0.4) is 0 Å². The molecular formula is C20H14Cl2FN5O2. The van der Waals surface area contributed by atoms with Crippen LogP contribution in [-0.2, 0) is 11.3 Å². The van der Waals surface area contributed by atoms with E-state index < -0.39 is 0 Å². The fraction of sp³-hybridized carbons (Fsp3) is 0.100. The van der Waals surface area contributed by atoms with Crippen molar-refractivity contribution in [3.63, 3.8) is 0 Å². The second kappa shape index (κ2) is 8.25. The quantitative estimate of drug-likeness (QED) is 0.502. The molecule has 1 amide bonds. The molecule has 7 nitrogen and oxygen atoms in total. The van der Waals surface area contributed by atoms with Crippen molar-refractivity contribution in [2.75, 3.05) is 5.32 Å². The van der Waals surface area contributed by atoms with Gasteiger partial charge in [-0.3, -0.25) is 14.2 Å². The maximum absolute atomic E-state index is 13.1. The summed E-state index contributed by atoms with van der Waals surface area (Å²) >= 11 is 11.8. The molecule has 4 rings (SSSR count). The Kier molecular flexibility index (Phi) is 5.52. The van der Waals surface area contributed by atoms with E-state index in [9.17, 15) is 14.0 Å². The summed E-state index contributed by atoms with van der Waals surface area (Å²) in [6.07, 6.45) is 2.82.